The molecule has 1 aromatic heterocycles. The standard InChI is InChI=1S/C13H13N3O3/c1-9-3-4-10(12(17)19-2)7-11(9)15-13(18)16-6-5-14-8-16/h3-8H,1-2H3,(H,15,18). The second-order valence-electron chi connectivity index (χ2n) is 3.92. The molecule has 6 heteroatoms. The van der Waals surface area contributed by atoms with Crippen molar-refractivity contribution in [3.8, 4) is 0 Å². The molecule has 0 saturated carbocycles. The van der Waals surface area contributed by atoms with Crippen molar-refractivity contribution in [2.24, 2.45) is 0 Å². The van der Waals surface area contributed by atoms with Crippen LogP contribution in [0.5, 0.6) is 0 Å². The van der Waals surface area contributed by atoms with Crippen LogP contribution in [0, 0.1) is 6.92 Å². The first-order chi connectivity index (χ1) is 9.11. The minimum Gasteiger partial charge on any atom is -0.465 e. The molecule has 0 radical (unpaired) electrons. The zero-order valence-electron chi connectivity index (χ0n) is 10.6. The van der Waals surface area contributed by atoms with Crippen LogP contribution < -0.4 is 5.32 Å². The van der Waals surface area contributed by atoms with Crippen molar-refractivity contribution in [1.29, 1.82) is 0 Å². The SMILES string of the molecule is COC(=O)c1ccc(C)c(NC(=O)n2ccnc2)c1. The van der Waals surface area contributed by atoms with Gasteiger partial charge in [0, 0.05) is 18.1 Å². The lowest BCUT2D eigenvalue weighted by atomic mass is 10.1. The lowest BCUT2D eigenvalue weighted by Gasteiger charge is -2.10. The van der Waals surface area contributed by atoms with E-state index >= 15 is 0 Å². The molecule has 0 fully saturated rings. The number of methoxy groups -OCH3 is 1. The summed E-state index contributed by atoms with van der Waals surface area (Å²) in [7, 11) is 1.31. The number of nitrogens with one attached hydrogen (secondary N) is 1. The predicted molar refractivity (Wildman–Crippen MR) is 69.2 cm³/mol. The fourth-order valence-corrected chi connectivity index (χ4v) is 1.56. The van der Waals surface area contributed by atoms with Crippen molar-refractivity contribution in [2.75, 3.05) is 12.4 Å². The predicted octanol–water partition coefficient (Wildman–Crippen LogP) is 2.06. The van der Waals surface area contributed by atoms with Crippen LogP contribution in [-0.2, 0) is 4.74 Å². The highest BCUT2D eigenvalue weighted by atomic mass is 16.5. The Bertz CT molecular complexity index is 606. The summed E-state index contributed by atoms with van der Waals surface area (Å²) in [6.07, 6.45) is 4.45. The van der Waals surface area contributed by atoms with Gasteiger partial charge in [-0.25, -0.2) is 14.6 Å². The van der Waals surface area contributed by atoms with Crippen LogP contribution in [0.3, 0.4) is 0 Å². The van der Waals surface area contributed by atoms with Gasteiger partial charge in [0.2, 0.25) is 0 Å². The Hall–Kier alpha value is -2.63. The Morgan fingerprint density at radius 2 is 2.16 bits per heavy atom. The molecule has 1 amide bonds. The third kappa shape index (κ3) is 2.79. The van der Waals surface area contributed by atoms with Crippen LogP contribution in [0.15, 0.2) is 36.9 Å². The molecule has 1 heterocycles. The minimum absolute atomic E-state index is 0.345. The Morgan fingerprint density at radius 1 is 1.37 bits per heavy atom. The Morgan fingerprint density at radius 3 is 2.79 bits per heavy atom. The maximum atomic E-state index is 11.9. The van der Waals surface area contributed by atoms with Crippen LogP contribution in [0.4, 0.5) is 10.5 Å². The Labute approximate surface area is 110 Å². The summed E-state index contributed by atoms with van der Waals surface area (Å²) in [6, 6.07) is 4.63. The number of hydrogen-bond donors (Lipinski definition) is 1. The molecular weight excluding hydrogens is 246 g/mol. The van der Waals surface area contributed by atoms with Gasteiger partial charge < -0.3 is 10.1 Å². The lowest BCUT2D eigenvalue weighted by molar-refractivity contribution is 0.0600. The molecule has 0 saturated heterocycles. The molecule has 19 heavy (non-hydrogen) atoms. The summed E-state index contributed by atoms with van der Waals surface area (Å²) in [5.41, 5.74) is 1.79. The second kappa shape index (κ2) is 5.34. The summed E-state index contributed by atoms with van der Waals surface area (Å²) < 4.78 is 5.95. The number of anilines is 1. The van der Waals surface area contributed by atoms with Crippen molar-refractivity contribution in [1.82, 2.24) is 9.55 Å². The number of carbonyl (C=O) groups is 2. The quantitative estimate of drug-likeness (QED) is 0.838. The molecule has 1 N–H and O–H groups in total. The van der Waals surface area contributed by atoms with E-state index in [1.165, 1.54) is 30.4 Å². The van der Waals surface area contributed by atoms with E-state index in [1.807, 2.05) is 6.92 Å². The van der Waals surface area contributed by atoms with Gasteiger partial charge in [-0.05, 0) is 24.6 Å². The van der Waals surface area contributed by atoms with E-state index in [0.29, 0.717) is 11.3 Å². The zero-order chi connectivity index (χ0) is 13.8. The van der Waals surface area contributed by atoms with Crippen LogP contribution in [0.2, 0.25) is 0 Å². The van der Waals surface area contributed by atoms with Gasteiger partial charge >= 0.3 is 12.0 Å². The van der Waals surface area contributed by atoms with Crippen molar-refractivity contribution in [3.63, 3.8) is 0 Å². The van der Waals surface area contributed by atoms with E-state index in [1.54, 1.807) is 18.2 Å². The maximum Gasteiger partial charge on any atom is 0.337 e. The highest BCUT2D eigenvalue weighted by Gasteiger charge is 2.10. The van der Waals surface area contributed by atoms with Gasteiger partial charge in [0.15, 0.2) is 0 Å². The van der Waals surface area contributed by atoms with Gasteiger partial charge in [-0.3, -0.25) is 4.57 Å². The third-order valence-corrected chi connectivity index (χ3v) is 2.64. The Kier molecular flexibility index (Phi) is 3.61. The first-order valence-electron chi connectivity index (χ1n) is 5.60. The monoisotopic (exact) mass is 259 g/mol. The van der Waals surface area contributed by atoms with Crippen molar-refractivity contribution < 1.29 is 14.3 Å². The molecule has 1 aromatic carbocycles. The number of carbonyl (C=O) groups excluding carboxylic acids is 2. The first kappa shape index (κ1) is 12.8. The molecule has 98 valence electrons. The van der Waals surface area contributed by atoms with E-state index in [2.05, 4.69) is 15.0 Å². The molecule has 0 aliphatic heterocycles. The molecule has 2 aromatic rings. The van der Waals surface area contributed by atoms with Gasteiger partial charge in [0.1, 0.15) is 6.33 Å². The van der Waals surface area contributed by atoms with Crippen molar-refractivity contribution >= 4 is 17.7 Å². The van der Waals surface area contributed by atoms with E-state index < -0.39 is 5.97 Å². The van der Waals surface area contributed by atoms with E-state index in [-0.39, 0.29) is 6.03 Å². The second-order valence-corrected chi connectivity index (χ2v) is 3.92. The van der Waals surface area contributed by atoms with Crippen LogP contribution in [0.25, 0.3) is 0 Å². The topological polar surface area (TPSA) is 73.2 Å². The number of rotatable bonds is 2. The summed E-state index contributed by atoms with van der Waals surface area (Å²) in [5, 5.41) is 2.71. The number of amides is 1. The molecule has 2 rings (SSSR count). The lowest BCUT2D eigenvalue weighted by Crippen LogP contribution is -2.18. The summed E-state index contributed by atoms with van der Waals surface area (Å²) in [5.74, 6) is -0.446. The third-order valence-electron chi connectivity index (χ3n) is 2.64. The van der Waals surface area contributed by atoms with Gasteiger partial charge in [0.25, 0.3) is 0 Å². The highest BCUT2D eigenvalue weighted by molar-refractivity contribution is 5.95. The molecule has 0 atom stereocenters. The van der Waals surface area contributed by atoms with E-state index in [9.17, 15) is 9.59 Å². The molecule has 0 spiro atoms. The molecule has 6 nitrogen and oxygen atoms in total. The maximum absolute atomic E-state index is 11.9. The minimum atomic E-state index is -0.446. The smallest absolute Gasteiger partial charge is 0.337 e. The fourth-order valence-electron chi connectivity index (χ4n) is 1.56. The highest BCUT2D eigenvalue weighted by Crippen LogP contribution is 2.17. The average Bonchev–Trinajstić information content (AvgIpc) is 2.94. The van der Waals surface area contributed by atoms with Crippen LogP contribution in [-0.4, -0.2) is 28.7 Å². The van der Waals surface area contributed by atoms with E-state index in [0.717, 1.165) is 5.56 Å². The van der Waals surface area contributed by atoms with Crippen molar-refractivity contribution in [2.45, 2.75) is 6.92 Å². The molecule has 0 unspecified atom stereocenters. The average molecular weight is 259 g/mol. The van der Waals surface area contributed by atoms with Gasteiger partial charge in [-0.15, -0.1) is 0 Å². The normalized spacial score (nSPS) is 10.0. The number of benzene rings is 1. The molecule has 0 bridgehead atoms. The summed E-state index contributed by atoms with van der Waals surface area (Å²) in [6.45, 7) is 1.84. The fraction of sp³-hybridized carbons (Fsp3) is 0.154. The molecule has 0 aliphatic carbocycles. The summed E-state index contributed by atoms with van der Waals surface area (Å²) >= 11 is 0. The molecular formula is C13H13N3O3. The van der Waals surface area contributed by atoms with Gasteiger partial charge in [0.05, 0.1) is 12.7 Å². The molecule has 0 aliphatic rings. The number of hydrogen-bond acceptors (Lipinski definition) is 4. The number of imidazole rings is 1. The number of aromatic nitrogens is 2. The number of esters is 1. The van der Waals surface area contributed by atoms with Crippen LogP contribution in [0.1, 0.15) is 15.9 Å². The zero-order valence-corrected chi connectivity index (χ0v) is 10.6. The van der Waals surface area contributed by atoms with Crippen LogP contribution >= 0.6 is 0 Å². The van der Waals surface area contributed by atoms with E-state index in [4.69, 9.17) is 0 Å². The number of ether oxygens (including phenoxy) is 1. The number of aryl methyl sites for hydroxylation is 1. The largest absolute Gasteiger partial charge is 0.465 e. The Balaban J connectivity index is 2.24. The van der Waals surface area contributed by atoms with Gasteiger partial charge in [-0.2, -0.15) is 0 Å². The first-order valence-corrected chi connectivity index (χ1v) is 5.60. The number of nitrogens with zero attached hydrogens (tertiary/aromatic N) is 2. The van der Waals surface area contributed by atoms with Crippen molar-refractivity contribution in [3.05, 3.63) is 48.0 Å². The summed E-state index contributed by atoms with van der Waals surface area (Å²) in [4.78, 5) is 27.1. The van der Waals surface area contributed by atoms with Gasteiger partial charge in [-0.1, -0.05) is 6.07 Å².